The molecule has 2 atom stereocenters. The monoisotopic (exact) mass is 137 g/mol. The highest BCUT2D eigenvalue weighted by Gasteiger charge is 2.37. The quantitative estimate of drug-likeness (QED) is 0.635. The van der Waals surface area contributed by atoms with Gasteiger partial charge in [-0.3, -0.25) is 0 Å². The van der Waals surface area contributed by atoms with Crippen LogP contribution in [0, 0.1) is 6.92 Å². The zero-order chi connectivity index (χ0) is 7.14. The number of aryl methyl sites for hydroxylation is 1. The largest absolute Gasteiger partial charge is 0.466 e. The lowest BCUT2D eigenvalue weighted by molar-refractivity contribution is 0.483. The molecule has 0 spiro atoms. The first kappa shape index (κ1) is 5.98. The van der Waals surface area contributed by atoms with Crippen molar-refractivity contribution in [1.29, 1.82) is 0 Å². The van der Waals surface area contributed by atoms with Crippen LogP contribution in [0.2, 0.25) is 0 Å². The molecule has 0 aromatic carbocycles. The lowest BCUT2D eigenvalue weighted by Gasteiger charge is -1.88. The number of hydrogen-bond donors (Lipinski definition) is 1. The fourth-order valence-corrected chi connectivity index (χ4v) is 1.19. The van der Waals surface area contributed by atoms with Crippen molar-refractivity contribution in [2.45, 2.75) is 25.3 Å². The maximum absolute atomic E-state index is 5.65. The van der Waals surface area contributed by atoms with Crippen LogP contribution in [0.1, 0.15) is 23.9 Å². The van der Waals surface area contributed by atoms with Gasteiger partial charge in [0.05, 0.1) is 0 Å². The summed E-state index contributed by atoms with van der Waals surface area (Å²) >= 11 is 0. The van der Waals surface area contributed by atoms with Gasteiger partial charge in [-0.1, -0.05) is 0 Å². The molecule has 10 heavy (non-hydrogen) atoms. The Kier molecular flexibility index (Phi) is 1.11. The van der Waals surface area contributed by atoms with Gasteiger partial charge in [0.15, 0.2) is 0 Å². The molecule has 0 radical (unpaired) electrons. The van der Waals surface area contributed by atoms with Crippen molar-refractivity contribution in [3.8, 4) is 0 Å². The molecule has 0 amide bonds. The molecule has 0 saturated heterocycles. The van der Waals surface area contributed by atoms with E-state index in [1.54, 1.807) is 0 Å². The van der Waals surface area contributed by atoms with Crippen molar-refractivity contribution in [3.05, 3.63) is 23.7 Å². The molecule has 1 fully saturated rings. The molecule has 2 N–H and O–H groups in total. The second kappa shape index (κ2) is 1.86. The third-order valence-corrected chi connectivity index (χ3v) is 1.97. The van der Waals surface area contributed by atoms with E-state index in [4.69, 9.17) is 10.2 Å². The summed E-state index contributed by atoms with van der Waals surface area (Å²) in [6, 6.07) is 4.36. The van der Waals surface area contributed by atoms with E-state index < -0.39 is 0 Å². The highest BCUT2D eigenvalue weighted by atomic mass is 16.3. The maximum atomic E-state index is 5.65. The lowest BCUT2D eigenvalue weighted by Crippen LogP contribution is -1.99. The first-order valence-electron chi connectivity index (χ1n) is 3.59. The first-order chi connectivity index (χ1) is 4.77. The van der Waals surface area contributed by atoms with Crippen molar-refractivity contribution >= 4 is 0 Å². The van der Waals surface area contributed by atoms with Crippen molar-refractivity contribution < 1.29 is 4.42 Å². The minimum atomic E-state index is 0.352. The molecule has 1 aromatic heterocycles. The molecular weight excluding hydrogens is 126 g/mol. The summed E-state index contributed by atoms with van der Waals surface area (Å²) in [5, 5.41) is 0. The molecule has 1 aromatic rings. The van der Waals surface area contributed by atoms with Crippen molar-refractivity contribution in [2.24, 2.45) is 5.73 Å². The predicted octanol–water partition coefficient (Wildman–Crippen LogP) is 1.40. The summed E-state index contributed by atoms with van der Waals surface area (Å²) in [5.74, 6) is 2.55. The summed E-state index contributed by atoms with van der Waals surface area (Å²) in [5.41, 5.74) is 5.65. The Morgan fingerprint density at radius 3 is 2.70 bits per heavy atom. The van der Waals surface area contributed by atoms with Gasteiger partial charge in [0.1, 0.15) is 11.5 Å². The summed E-state index contributed by atoms with van der Waals surface area (Å²) in [4.78, 5) is 0. The average Bonchev–Trinajstić information content (AvgIpc) is 2.42. The van der Waals surface area contributed by atoms with Gasteiger partial charge in [-0.15, -0.1) is 0 Å². The van der Waals surface area contributed by atoms with Crippen LogP contribution in [-0.4, -0.2) is 6.04 Å². The predicted molar refractivity (Wildman–Crippen MR) is 38.8 cm³/mol. The Morgan fingerprint density at radius 1 is 1.60 bits per heavy atom. The normalized spacial score (nSPS) is 30.6. The SMILES string of the molecule is Cc1ccc([C@@H]2C[C@H]2N)o1. The molecule has 2 nitrogen and oxygen atoms in total. The summed E-state index contributed by atoms with van der Waals surface area (Å²) < 4.78 is 5.40. The molecule has 1 aliphatic carbocycles. The molecular formula is C8H11NO. The Labute approximate surface area is 60.0 Å². The third-order valence-electron chi connectivity index (χ3n) is 1.97. The highest BCUT2D eigenvalue weighted by Crippen LogP contribution is 2.39. The Morgan fingerprint density at radius 2 is 2.30 bits per heavy atom. The molecule has 1 aliphatic rings. The van der Waals surface area contributed by atoms with Crippen LogP contribution in [0.3, 0.4) is 0 Å². The van der Waals surface area contributed by atoms with E-state index in [-0.39, 0.29) is 0 Å². The fourth-order valence-electron chi connectivity index (χ4n) is 1.19. The number of furan rings is 1. The number of rotatable bonds is 1. The molecule has 0 aliphatic heterocycles. The van der Waals surface area contributed by atoms with E-state index >= 15 is 0 Å². The van der Waals surface area contributed by atoms with Crippen LogP contribution in [0.25, 0.3) is 0 Å². The Hall–Kier alpha value is -0.760. The zero-order valence-corrected chi connectivity index (χ0v) is 6.00. The molecule has 0 unspecified atom stereocenters. The molecule has 0 bridgehead atoms. The van der Waals surface area contributed by atoms with Gasteiger partial charge >= 0.3 is 0 Å². The van der Waals surface area contributed by atoms with E-state index in [1.165, 1.54) is 0 Å². The standard InChI is InChI=1S/C8H11NO/c1-5-2-3-8(10-5)6-4-7(6)9/h2-3,6-7H,4,9H2,1H3/t6-,7-/m1/s1. The molecule has 2 rings (SSSR count). The van der Waals surface area contributed by atoms with Crippen LogP contribution in [0.5, 0.6) is 0 Å². The van der Waals surface area contributed by atoms with E-state index in [2.05, 4.69) is 0 Å². The number of hydrogen-bond acceptors (Lipinski definition) is 2. The van der Waals surface area contributed by atoms with Crippen LogP contribution in [0.4, 0.5) is 0 Å². The first-order valence-corrected chi connectivity index (χ1v) is 3.59. The van der Waals surface area contributed by atoms with E-state index in [1.807, 2.05) is 19.1 Å². The van der Waals surface area contributed by atoms with Gasteiger partial charge < -0.3 is 10.2 Å². The van der Waals surface area contributed by atoms with Gasteiger partial charge in [-0.05, 0) is 25.5 Å². The summed E-state index contributed by atoms with van der Waals surface area (Å²) in [7, 11) is 0. The Bertz CT molecular complexity index is 241. The van der Waals surface area contributed by atoms with Crippen molar-refractivity contribution in [2.75, 3.05) is 0 Å². The lowest BCUT2D eigenvalue weighted by atomic mass is 10.3. The molecule has 54 valence electrons. The van der Waals surface area contributed by atoms with Gasteiger partial charge in [0.2, 0.25) is 0 Å². The minimum Gasteiger partial charge on any atom is -0.466 e. The van der Waals surface area contributed by atoms with Gasteiger partial charge in [0.25, 0.3) is 0 Å². The highest BCUT2D eigenvalue weighted by molar-refractivity contribution is 5.19. The fraction of sp³-hybridized carbons (Fsp3) is 0.500. The van der Waals surface area contributed by atoms with Crippen LogP contribution < -0.4 is 5.73 Å². The average molecular weight is 137 g/mol. The maximum Gasteiger partial charge on any atom is 0.108 e. The number of nitrogens with two attached hydrogens (primary N) is 1. The topological polar surface area (TPSA) is 39.2 Å². The van der Waals surface area contributed by atoms with Crippen LogP contribution >= 0.6 is 0 Å². The van der Waals surface area contributed by atoms with Gasteiger partial charge in [-0.25, -0.2) is 0 Å². The summed E-state index contributed by atoms with van der Waals surface area (Å²) in [6.45, 7) is 1.96. The van der Waals surface area contributed by atoms with Gasteiger partial charge in [0, 0.05) is 12.0 Å². The second-order valence-corrected chi connectivity index (χ2v) is 2.95. The Balaban J connectivity index is 2.20. The van der Waals surface area contributed by atoms with Gasteiger partial charge in [-0.2, -0.15) is 0 Å². The summed E-state index contributed by atoms with van der Waals surface area (Å²) in [6.07, 6.45) is 1.09. The van der Waals surface area contributed by atoms with E-state index in [0.29, 0.717) is 12.0 Å². The smallest absolute Gasteiger partial charge is 0.108 e. The van der Waals surface area contributed by atoms with Crippen molar-refractivity contribution in [1.82, 2.24) is 0 Å². The zero-order valence-electron chi connectivity index (χ0n) is 6.00. The van der Waals surface area contributed by atoms with Crippen molar-refractivity contribution in [3.63, 3.8) is 0 Å². The second-order valence-electron chi connectivity index (χ2n) is 2.95. The van der Waals surface area contributed by atoms with E-state index in [0.717, 1.165) is 17.9 Å². The van der Waals surface area contributed by atoms with Crippen LogP contribution in [0.15, 0.2) is 16.5 Å². The molecule has 2 heteroatoms. The molecule has 1 saturated carbocycles. The molecule has 1 heterocycles. The van der Waals surface area contributed by atoms with E-state index in [9.17, 15) is 0 Å². The van der Waals surface area contributed by atoms with Crippen LogP contribution in [-0.2, 0) is 0 Å². The minimum absolute atomic E-state index is 0.352. The third kappa shape index (κ3) is 0.847.